The zero-order chi connectivity index (χ0) is 9.97. The molecule has 0 aromatic heterocycles. The second kappa shape index (κ2) is 3.98. The molecule has 0 amide bonds. The van der Waals surface area contributed by atoms with E-state index in [2.05, 4.69) is 5.32 Å². The van der Waals surface area contributed by atoms with Gasteiger partial charge in [-0.2, -0.15) is 0 Å². The maximum atomic E-state index is 10.7. The molecule has 0 atom stereocenters. The van der Waals surface area contributed by atoms with E-state index in [4.69, 9.17) is 0 Å². The van der Waals surface area contributed by atoms with Gasteiger partial charge in [0, 0.05) is 24.4 Å². The molecule has 1 aromatic carbocycles. The van der Waals surface area contributed by atoms with E-state index < -0.39 is 0 Å². The first kappa shape index (κ1) is 9.48. The smallest absolute Gasteiger partial charge is 0.282 e. The van der Waals surface area contributed by atoms with Gasteiger partial charge in [0.2, 0.25) is 0 Å². The lowest BCUT2D eigenvalue weighted by Gasteiger charge is -2.26. The normalized spacial score (nSPS) is 16.3. The average Bonchev–Trinajstić information content (AvgIpc) is 2.12. The van der Waals surface area contributed by atoms with Crippen molar-refractivity contribution in [3.8, 4) is 0 Å². The molecule has 1 saturated heterocycles. The van der Waals surface area contributed by atoms with Crippen LogP contribution in [0, 0.1) is 10.1 Å². The number of hydrogen-bond acceptors (Lipinski definition) is 4. The fraction of sp³-hybridized carbons (Fsp3) is 0.333. The van der Waals surface area contributed by atoms with Crippen LogP contribution in [0.3, 0.4) is 0 Å². The summed E-state index contributed by atoms with van der Waals surface area (Å²) in [5, 5.41) is 14.3. The molecule has 1 aliphatic heterocycles. The highest BCUT2D eigenvalue weighted by Gasteiger charge is 2.22. The summed E-state index contributed by atoms with van der Waals surface area (Å²) >= 11 is 1.58. The summed E-state index contributed by atoms with van der Waals surface area (Å²) in [6.45, 7) is 1.88. The lowest BCUT2D eigenvalue weighted by Crippen LogP contribution is -2.44. The first-order chi connectivity index (χ1) is 6.77. The van der Waals surface area contributed by atoms with Crippen LogP contribution in [0.2, 0.25) is 0 Å². The molecule has 74 valence electrons. The second-order valence-electron chi connectivity index (χ2n) is 3.12. The Morgan fingerprint density at radius 1 is 1.43 bits per heavy atom. The van der Waals surface area contributed by atoms with Crippen molar-refractivity contribution in [2.24, 2.45) is 0 Å². The van der Waals surface area contributed by atoms with Crippen LogP contribution < -0.4 is 5.32 Å². The predicted molar refractivity (Wildman–Crippen MR) is 55.6 cm³/mol. The van der Waals surface area contributed by atoms with Crippen molar-refractivity contribution in [3.63, 3.8) is 0 Å². The number of nitrogens with zero attached hydrogens (tertiary/aromatic N) is 1. The highest BCUT2D eigenvalue weighted by Crippen LogP contribution is 2.32. The monoisotopic (exact) mass is 210 g/mol. The topological polar surface area (TPSA) is 55.2 Å². The van der Waals surface area contributed by atoms with Crippen molar-refractivity contribution in [2.75, 3.05) is 13.1 Å². The van der Waals surface area contributed by atoms with Gasteiger partial charge in [-0.15, -0.1) is 11.8 Å². The predicted octanol–water partition coefficient (Wildman–Crippen LogP) is 1.66. The van der Waals surface area contributed by atoms with Crippen molar-refractivity contribution in [1.29, 1.82) is 0 Å². The molecule has 1 heterocycles. The van der Waals surface area contributed by atoms with E-state index in [9.17, 15) is 10.1 Å². The highest BCUT2D eigenvalue weighted by atomic mass is 32.2. The van der Waals surface area contributed by atoms with Crippen LogP contribution in [0.4, 0.5) is 5.69 Å². The number of nitro groups is 1. The van der Waals surface area contributed by atoms with Crippen LogP contribution in [0.15, 0.2) is 29.2 Å². The van der Waals surface area contributed by atoms with Crippen molar-refractivity contribution in [3.05, 3.63) is 34.4 Å². The van der Waals surface area contributed by atoms with Gasteiger partial charge in [-0.1, -0.05) is 12.1 Å². The zero-order valence-corrected chi connectivity index (χ0v) is 8.29. The highest BCUT2D eigenvalue weighted by molar-refractivity contribution is 8.00. The van der Waals surface area contributed by atoms with Crippen LogP contribution in [-0.2, 0) is 0 Å². The van der Waals surface area contributed by atoms with Gasteiger partial charge < -0.3 is 5.32 Å². The van der Waals surface area contributed by atoms with Crippen molar-refractivity contribution in [1.82, 2.24) is 5.32 Å². The molecule has 1 aromatic rings. The molecule has 0 unspecified atom stereocenters. The minimum absolute atomic E-state index is 0.212. The van der Waals surface area contributed by atoms with Gasteiger partial charge in [-0.05, 0) is 6.07 Å². The van der Waals surface area contributed by atoms with E-state index in [0.717, 1.165) is 18.0 Å². The van der Waals surface area contributed by atoms with E-state index in [1.54, 1.807) is 30.0 Å². The van der Waals surface area contributed by atoms with Gasteiger partial charge in [0.1, 0.15) is 0 Å². The molecule has 0 aliphatic carbocycles. The van der Waals surface area contributed by atoms with Crippen LogP contribution in [-0.4, -0.2) is 23.3 Å². The van der Waals surface area contributed by atoms with E-state index in [1.165, 1.54) is 0 Å². The molecule has 2 rings (SSSR count). The Kier molecular flexibility index (Phi) is 2.69. The summed E-state index contributed by atoms with van der Waals surface area (Å²) in [7, 11) is 0. The molecule has 0 saturated carbocycles. The number of benzene rings is 1. The van der Waals surface area contributed by atoms with Gasteiger partial charge in [-0.25, -0.2) is 0 Å². The number of thioether (sulfide) groups is 1. The first-order valence-electron chi connectivity index (χ1n) is 4.38. The fourth-order valence-electron chi connectivity index (χ4n) is 1.23. The average molecular weight is 210 g/mol. The quantitative estimate of drug-likeness (QED) is 0.609. The summed E-state index contributed by atoms with van der Waals surface area (Å²) in [5.41, 5.74) is 0.212. The molecule has 14 heavy (non-hydrogen) atoms. The van der Waals surface area contributed by atoms with Crippen molar-refractivity contribution >= 4 is 17.4 Å². The molecule has 1 fully saturated rings. The summed E-state index contributed by atoms with van der Waals surface area (Å²) in [6.07, 6.45) is 0. The molecular weight excluding hydrogens is 200 g/mol. The van der Waals surface area contributed by atoms with E-state index in [0.29, 0.717) is 5.25 Å². The van der Waals surface area contributed by atoms with E-state index in [1.807, 2.05) is 6.07 Å². The molecule has 5 heteroatoms. The number of nitro benzene ring substituents is 1. The molecule has 0 radical (unpaired) electrons. The van der Waals surface area contributed by atoms with Crippen molar-refractivity contribution in [2.45, 2.75) is 10.1 Å². The van der Waals surface area contributed by atoms with Crippen LogP contribution in [0.5, 0.6) is 0 Å². The SMILES string of the molecule is O=[N+]([O-])c1ccccc1SC1CNC1. The number of nitrogens with one attached hydrogen (secondary N) is 1. The summed E-state index contributed by atoms with van der Waals surface area (Å²) < 4.78 is 0. The second-order valence-corrected chi connectivity index (χ2v) is 4.47. The Morgan fingerprint density at radius 3 is 2.71 bits per heavy atom. The van der Waals surface area contributed by atoms with Gasteiger partial charge in [0.15, 0.2) is 0 Å². The van der Waals surface area contributed by atoms with Crippen LogP contribution >= 0.6 is 11.8 Å². The van der Waals surface area contributed by atoms with Gasteiger partial charge in [0.05, 0.1) is 9.82 Å². The Labute approximate surface area is 85.8 Å². The Bertz CT molecular complexity index is 352. The van der Waals surface area contributed by atoms with Gasteiger partial charge >= 0.3 is 0 Å². The molecule has 0 spiro atoms. The molecule has 1 aliphatic rings. The largest absolute Gasteiger partial charge is 0.314 e. The Morgan fingerprint density at radius 2 is 2.14 bits per heavy atom. The molecule has 4 nitrogen and oxygen atoms in total. The maximum absolute atomic E-state index is 10.7. The third-order valence-corrected chi connectivity index (χ3v) is 3.37. The minimum Gasteiger partial charge on any atom is -0.314 e. The van der Waals surface area contributed by atoms with Gasteiger partial charge in [0.25, 0.3) is 5.69 Å². The third kappa shape index (κ3) is 1.88. The van der Waals surface area contributed by atoms with Crippen molar-refractivity contribution < 1.29 is 4.92 Å². The zero-order valence-electron chi connectivity index (χ0n) is 7.47. The molecule has 0 bridgehead atoms. The Hall–Kier alpha value is -1.07. The molecular formula is C9H10N2O2S. The Balaban J connectivity index is 2.17. The first-order valence-corrected chi connectivity index (χ1v) is 5.26. The maximum Gasteiger partial charge on any atom is 0.282 e. The van der Waals surface area contributed by atoms with E-state index >= 15 is 0 Å². The van der Waals surface area contributed by atoms with Crippen LogP contribution in [0.1, 0.15) is 0 Å². The number of rotatable bonds is 3. The van der Waals surface area contributed by atoms with Gasteiger partial charge in [-0.3, -0.25) is 10.1 Å². The summed E-state index contributed by atoms with van der Waals surface area (Å²) in [4.78, 5) is 11.1. The molecule has 1 N–H and O–H groups in total. The van der Waals surface area contributed by atoms with Crippen LogP contribution in [0.25, 0.3) is 0 Å². The van der Waals surface area contributed by atoms with E-state index in [-0.39, 0.29) is 10.6 Å². The lowest BCUT2D eigenvalue weighted by atomic mass is 10.3. The number of hydrogen-bond donors (Lipinski definition) is 1. The minimum atomic E-state index is -0.325. The fourth-order valence-corrected chi connectivity index (χ4v) is 2.41. The standard InChI is InChI=1S/C9H10N2O2S/c12-11(13)8-3-1-2-4-9(8)14-7-5-10-6-7/h1-4,7,10H,5-6H2. The third-order valence-electron chi connectivity index (χ3n) is 2.10. The summed E-state index contributed by atoms with van der Waals surface area (Å²) in [6, 6.07) is 6.89. The number of para-hydroxylation sites is 1. The summed E-state index contributed by atoms with van der Waals surface area (Å²) in [5.74, 6) is 0. The lowest BCUT2D eigenvalue weighted by molar-refractivity contribution is -0.387.